The SMILES string of the molecule is CCNC1CSCC1c1nc(N(CC)CC)no1. The minimum Gasteiger partial charge on any atom is -0.339 e. The van der Waals surface area contributed by atoms with Crippen molar-refractivity contribution in [2.45, 2.75) is 32.7 Å². The van der Waals surface area contributed by atoms with Crippen molar-refractivity contribution >= 4 is 17.7 Å². The lowest BCUT2D eigenvalue weighted by molar-refractivity contribution is 0.340. The van der Waals surface area contributed by atoms with Gasteiger partial charge in [-0.25, -0.2) is 0 Å². The molecule has 0 aromatic carbocycles. The number of hydrogen-bond donors (Lipinski definition) is 1. The highest BCUT2D eigenvalue weighted by molar-refractivity contribution is 7.99. The molecule has 1 aliphatic heterocycles. The van der Waals surface area contributed by atoms with Crippen LogP contribution < -0.4 is 10.2 Å². The van der Waals surface area contributed by atoms with Gasteiger partial charge in [0.2, 0.25) is 5.89 Å². The van der Waals surface area contributed by atoms with Gasteiger partial charge in [-0.3, -0.25) is 0 Å². The lowest BCUT2D eigenvalue weighted by Gasteiger charge is -2.16. The van der Waals surface area contributed by atoms with Crippen LogP contribution in [-0.2, 0) is 0 Å². The predicted molar refractivity (Wildman–Crippen MR) is 75.4 cm³/mol. The topological polar surface area (TPSA) is 54.2 Å². The fraction of sp³-hybridized carbons (Fsp3) is 0.833. The second-order valence-corrected chi connectivity index (χ2v) is 5.49. The summed E-state index contributed by atoms with van der Waals surface area (Å²) in [7, 11) is 0. The van der Waals surface area contributed by atoms with Crippen molar-refractivity contribution in [2.75, 3.05) is 36.0 Å². The van der Waals surface area contributed by atoms with E-state index in [2.05, 4.69) is 41.1 Å². The Balaban J connectivity index is 2.09. The highest BCUT2D eigenvalue weighted by Gasteiger charge is 2.33. The maximum atomic E-state index is 5.45. The molecule has 0 radical (unpaired) electrons. The molecular weight excluding hydrogens is 248 g/mol. The highest BCUT2D eigenvalue weighted by atomic mass is 32.2. The third-order valence-corrected chi connectivity index (χ3v) is 4.53. The van der Waals surface area contributed by atoms with Crippen molar-refractivity contribution in [1.82, 2.24) is 15.5 Å². The van der Waals surface area contributed by atoms with E-state index in [4.69, 9.17) is 4.52 Å². The van der Waals surface area contributed by atoms with Crippen molar-refractivity contribution in [3.8, 4) is 0 Å². The quantitative estimate of drug-likeness (QED) is 0.849. The number of thioether (sulfide) groups is 1. The minimum atomic E-state index is 0.353. The first-order chi connectivity index (χ1) is 8.80. The summed E-state index contributed by atoms with van der Waals surface area (Å²) in [6, 6.07) is 0.463. The zero-order chi connectivity index (χ0) is 13.0. The van der Waals surface area contributed by atoms with Crippen molar-refractivity contribution < 1.29 is 4.52 Å². The summed E-state index contributed by atoms with van der Waals surface area (Å²) >= 11 is 1.95. The summed E-state index contributed by atoms with van der Waals surface area (Å²) in [6.45, 7) is 9.14. The smallest absolute Gasteiger partial charge is 0.266 e. The van der Waals surface area contributed by atoms with Crippen LogP contribution in [0.25, 0.3) is 0 Å². The Bertz CT molecular complexity index is 367. The Hall–Kier alpha value is -0.750. The number of aromatic nitrogens is 2. The Labute approximate surface area is 113 Å². The highest BCUT2D eigenvalue weighted by Crippen LogP contribution is 2.32. The maximum Gasteiger partial charge on any atom is 0.266 e. The van der Waals surface area contributed by atoms with E-state index in [1.165, 1.54) is 0 Å². The van der Waals surface area contributed by atoms with Gasteiger partial charge in [-0.15, -0.1) is 0 Å². The predicted octanol–water partition coefficient (Wildman–Crippen LogP) is 1.72. The van der Waals surface area contributed by atoms with Crippen LogP contribution in [-0.4, -0.2) is 47.3 Å². The molecule has 2 heterocycles. The summed E-state index contributed by atoms with van der Waals surface area (Å²) in [6.07, 6.45) is 0. The lowest BCUT2D eigenvalue weighted by atomic mass is 10.0. The van der Waals surface area contributed by atoms with E-state index in [0.29, 0.717) is 12.0 Å². The number of nitrogens with one attached hydrogen (secondary N) is 1. The van der Waals surface area contributed by atoms with E-state index >= 15 is 0 Å². The summed E-state index contributed by atoms with van der Waals surface area (Å²) < 4.78 is 5.45. The molecule has 102 valence electrons. The summed E-state index contributed by atoms with van der Waals surface area (Å²) in [5.74, 6) is 4.06. The molecule has 0 spiro atoms. The van der Waals surface area contributed by atoms with Crippen LogP contribution in [0.15, 0.2) is 4.52 Å². The average molecular weight is 270 g/mol. The average Bonchev–Trinajstić information content (AvgIpc) is 3.00. The molecule has 1 aliphatic rings. The second-order valence-electron chi connectivity index (χ2n) is 4.41. The first kappa shape index (κ1) is 13.7. The Morgan fingerprint density at radius 1 is 1.33 bits per heavy atom. The van der Waals surface area contributed by atoms with Gasteiger partial charge in [0.05, 0.1) is 5.92 Å². The molecule has 1 fully saturated rings. The number of nitrogens with zero attached hydrogens (tertiary/aromatic N) is 3. The second kappa shape index (κ2) is 6.43. The van der Waals surface area contributed by atoms with Gasteiger partial charge in [0.25, 0.3) is 5.95 Å². The van der Waals surface area contributed by atoms with E-state index < -0.39 is 0 Å². The summed E-state index contributed by atoms with van der Waals surface area (Å²) in [4.78, 5) is 6.67. The van der Waals surface area contributed by atoms with Crippen LogP contribution >= 0.6 is 11.8 Å². The number of hydrogen-bond acceptors (Lipinski definition) is 6. The van der Waals surface area contributed by atoms with Crippen molar-refractivity contribution in [1.29, 1.82) is 0 Å². The summed E-state index contributed by atoms with van der Waals surface area (Å²) in [5.41, 5.74) is 0. The van der Waals surface area contributed by atoms with E-state index in [0.717, 1.165) is 43.0 Å². The maximum absolute atomic E-state index is 5.45. The number of likely N-dealkylation sites (N-methyl/N-ethyl adjacent to an activating group) is 1. The Morgan fingerprint density at radius 2 is 2.11 bits per heavy atom. The molecule has 1 aromatic rings. The first-order valence-electron chi connectivity index (χ1n) is 6.69. The molecular formula is C12H22N4OS. The van der Waals surface area contributed by atoms with Crippen LogP contribution in [0.5, 0.6) is 0 Å². The van der Waals surface area contributed by atoms with Gasteiger partial charge in [-0.05, 0) is 25.5 Å². The molecule has 2 atom stereocenters. The van der Waals surface area contributed by atoms with Gasteiger partial charge in [-0.2, -0.15) is 16.7 Å². The van der Waals surface area contributed by atoms with Gasteiger partial charge in [0.1, 0.15) is 0 Å². The van der Waals surface area contributed by atoms with Crippen LogP contribution in [0.3, 0.4) is 0 Å². The van der Waals surface area contributed by atoms with E-state index in [9.17, 15) is 0 Å². The van der Waals surface area contributed by atoms with Crippen LogP contribution in [0, 0.1) is 0 Å². The first-order valence-corrected chi connectivity index (χ1v) is 7.85. The van der Waals surface area contributed by atoms with E-state index in [1.54, 1.807) is 0 Å². The Morgan fingerprint density at radius 3 is 2.78 bits per heavy atom. The van der Waals surface area contributed by atoms with Crippen LogP contribution in [0.1, 0.15) is 32.6 Å². The normalized spacial score (nSPS) is 23.5. The van der Waals surface area contributed by atoms with Gasteiger partial charge in [0.15, 0.2) is 0 Å². The van der Waals surface area contributed by atoms with Crippen molar-refractivity contribution in [2.24, 2.45) is 0 Å². The molecule has 0 amide bonds. The van der Waals surface area contributed by atoms with Crippen molar-refractivity contribution in [3.05, 3.63) is 5.89 Å². The van der Waals surface area contributed by atoms with Crippen LogP contribution in [0.4, 0.5) is 5.95 Å². The zero-order valence-corrected chi connectivity index (χ0v) is 12.2. The molecule has 1 N–H and O–H groups in total. The van der Waals surface area contributed by atoms with Gasteiger partial charge < -0.3 is 14.7 Å². The van der Waals surface area contributed by atoms with Gasteiger partial charge >= 0.3 is 0 Å². The molecule has 2 rings (SSSR count). The third kappa shape index (κ3) is 2.80. The molecule has 0 bridgehead atoms. The largest absolute Gasteiger partial charge is 0.339 e. The molecule has 1 saturated heterocycles. The summed E-state index contributed by atoms with van der Waals surface area (Å²) in [5, 5.41) is 7.60. The fourth-order valence-electron chi connectivity index (χ4n) is 2.27. The fourth-order valence-corrected chi connectivity index (χ4v) is 3.64. The van der Waals surface area contributed by atoms with Gasteiger partial charge in [-0.1, -0.05) is 6.92 Å². The van der Waals surface area contributed by atoms with E-state index in [1.807, 2.05) is 11.8 Å². The molecule has 1 aromatic heterocycles. The zero-order valence-electron chi connectivity index (χ0n) is 11.3. The molecule has 0 aliphatic carbocycles. The minimum absolute atomic E-state index is 0.353. The molecule has 5 nitrogen and oxygen atoms in total. The van der Waals surface area contributed by atoms with Crippen LogP contribution in [0.2, 0.25) is 0 Å². The Kier molecular flexibility index (Phi) is 4.88. The molecule has 0 saturated carbocycles. The molecule has 2 unspecified atom stereocenters. The lowest BCUT2D eigenvalue weighted by Crippen LogP contribution is -2.34. The molecule has 18 heavy (non-hydrogen) atoms. The van der Waals surface area contributed by atoms with Gasteiger partial charge in [0, 0.05) is 30.6 Å². The standard InChI is InChI=1S/C12H22N4OS/c1-4-13-10-8-18-7-9(10)11-14-12(15-17-11)16(5-2)6-3/h9-10,13H,4-8H2,1-3H3. The van der Waals surface area contributed by atoms with Crippen molar-refractivity contribution in [3.63, 3.8) is 0 Å². The van der Waals surface area contributed by atoms with E-state index in [-0.39, 0.29) is 0 Å². The third-order valence-electron chi connectivity index (χ3n) is 3.34. The number of rotatable bonds is 6. The molecule has 6 heteroatoms. The monoisotopic (exact) mass is 270 g/mol. The number of anilines is 1.